The van der Waals surface area contributed by atoms with Crippen LogP contribution in [0.25, 0.3) is 0 Å². The Morgan fingerprint density at radius 3 is 2.32 bits per heavy atom. The summed E-state index contributed by atoms with van der Waals surface area (Å²) in [5.74, 6) is -0.347. The molecule has 2 rings (SSSR count). The second-order valence-electron chi connectivity index (χ2n) is 3.89. The average molecular weight is 363 g/mol. The summed E-state index contributed by atoms with van der Waals surface area (Å²) in [6, 6.07) is 16.2. The van der Waals surface area contributed by atoms with Crippen molar-refractivity contribution in [2.45, 2.75) is 6.61 Å². The van der Waals surface area contributed by atoms with Crippen LogP contribution in [0.1, 0.15) is 21.5 Å². The van der Waals surface area contributed by atoms with Crippen molar-refractivity contribution in [1.82, 2.24) is 0 Å². The molecule has 4 heteroatoms. The summed E-state index contributed by atoms with van der Waals surface area (Å²) in [5.41, 5.74) is 1.99. The van der Waals surface area contributed by atoms with E-state index in [1.54, 1.807) is 36.4 Å². The van der Waals surface area contributed by atoms with Gasteiger partial charge in [0.15, 0.2) is 0 Å². The third-order valence-corrected chi connectivity index (χ3v) is 3.25. The number of nitriles is 1. The Morgan fingerprint density at radius 2 is 1.74 bits per heavy atom. The zero-order valence-electron chi connectivity index (χ0n) is 9.97. The van der Waals surface area contributed by atoms with Crippen LogP contribution in [0.2, 0.25) is 0 Å². The van der Waals surface area contributed by atoms with E-state index in [1.807, 2.05) is 18.2 Å². The molecule has 0 aromatic heterocycles. The van der Waals surface area contributed by atoms with Crippen LogP contribution < -0.4 is 0 Å². The molecule has 0 bridgehead atoms. The molecule has 0 fully saturated rings. The van der Waals surface area contributed by atoms with E-state index in [9.17, 15) is 4.79 Å². The maximum atomic E-state index is 11.8. The van der Waals surface area contributed by atoms with E-state index < -0.39 is 0 Å². The fraction of sp³-hybridized carbons (Fsp3) is 0.0667. The molecule has 0 heterocycles. The van der Waals surface area contributed by atoms with Gasteiger partial charge in [0.05, 0.1) is 17.2 Å². The maximum Gasteiger partial charge on any atom is 0.338 e. The minimum absolute atomic E-state index is 0.205. The smallest absolute Gasteiger partial charge is 0.338 e. The third-order valence-electron chi connectivity index (χ3n) is 2.53. The molecule has 0 saturated heterocycles. The molecule has 0 spiro atoms. The summed E-state index contributed by atoms with van der Waals surface area (Å²) in [6.07, 6.45) is 0. The van der Waals surface area contributed by atoms with Crippen LogP contribution in [-0.2, 0) is 11.3 Å². The number of benzene rings is 2. The molecular formula is C15H10INO2. The van der Waals surface area contributed by atoms with E-state index in [1.165, 1.54) is 0 Å². The summed E-state index contributed by atoms with van der Waals surface area (Å²) < 4.78 is 6.27. The van der Waals surface area contributed by atoms with Crippen LogP contribution in [-0.4, -0.2) is 5.97 Å². The van der Waals surface area contributed by atoms with Gasteiger partial charge < -0.3 is 4.74 Å². The number of carbonyl (C=O) groups excluding carboxylic acids is 1. The first-order chi connectivity index (χ1) is 9.19. The number of rotatable bonds is 3. The van der Waals surface area contributed by atoms with Crippen molar-refractivity contribution in [2.75, 3.05) is 0 Å². The SMILES string of the molecule is N#Cc1ccc(COC(=O)c2ccc(I)cc2)cc1. The Morgan fingerprint density at radius 1 is 1.11 bits per heavy atom. The number of halogens is 1. The van der Waals surface area contributed by atoms with Gasteiger partial charge in [-0.2, -0.15) is 5.26 Å². The standard InChI is InChI=1S/C15H10INO2/c16-14-7-5-13(6-8-14)15(18)19-10-12-3-1-11(9-17)2-4-12/h1-8H,10H2. The van der Waals surface area contributed by atoms with E-state index in [0.29, 0.717) is 11.1 Å². The maximum absolute atomic E-state index is 11.8. The van der Waals surface area contributed by atoms with Gasteiger partial charge in [-0.1, -0.05) is 12.1 Å². The van der Waals surface area contributed by atoms with Crippen molar-refractivity contribution in [3.8, 4) is 6.07 Å². The van der Waals surface area contributed by atoms with E-state index in [-0.39, 0.29) is 12.6 Å². The first-order valence-corrected chi connectivity index (χ1v) is 6.68. The third kappa shape index (κ3) is 3.80. The van der Waals surface area contributed by atoms with Crippen LogP contribution >= 0.6 is 22.6 Å². The number of nitrogens with zero attached hydrogens (tertiary/aromatic N) is 1. The van der Waals surface area contributed by atoms with Gasteiger partial charge in [0, 0.05) is 3.57 Å². The van der Waals surface area contributed by atoms with Gasteiger partial charge in [0.25, 0.3) is 0 Å². The van der Waals surface area contributed by atoms with Crippen molar-refractivity contribution in [2.24, 2.45) is 0 Å². The summed E-state index contributed by atoms with van der Waals surface area (Å²) in [5, 5.41) is 8.68. The second kappa shape index (κ2) is 6.34. The van der Waals surface area contributed by atoms with Gasteiger partial charge in [0.2, 0.25) is 0 Å². The highest BCUT2D eigenvalue weighted by Gasteiger charge is 2.06. The van der Waals surface area contributed by atoms with Crippen molar-refractivity contribution >= 4 is 28.6 Å². The minimum atomic E-state index is -0.347. The lowest BCUT2D eigenvalue weighted by Gasteiger charge is -2.05. The van der Waals surface area contributed by atoms with Crippen LogP contribution in [0.3, 0.4) is 0 Å². The Bertz CT molecular complexity index is 612. The Balaban J connectivity index is 1.96. The molecule has 2 aromatic rings. The first kappa shape index (κ1) is 13.6. The molecule has 0 aliphatic carbocycles. The number of hydrogen-bond donors (Lipinski definition) is 0. The van der Waals surface area contributed by atoms with Gasteiger partial charge in [0.1, 0.15) is 6.61 Å². The molecule has 0 unspecified atom stereocenters. The highest BCUT2D eigenvalue weighted by atomic mass is 127. The van der Waals surface area contributed by atoms with Gasteiger partial charge in [-0.3, -0.25) is 0 Å². The predicted octanol–water partition coefficient (Wildman–Crippen LogP) is 3.52. The van der Waals surface area contributed by atoms with Gasteiger partial charge >= 0.3 is 5.97 Å². The predicted molar refractivity (Wildman–Crippen MR) is 79.4 cm³/mol. The molecule has 0 atom stereocenters. The first-order valence-electron chi connectivity index (χ1n) is 5.61. The zero-order chi connectivity index (χ0) is 13.7. The number of ether oxygens (including phenoxy) is 1. The largest absolute Gasteiger partial charge is 0.457 e. The van der Waals surface area contributed by atoms with Crippen LogP contribution in [0.15, 0.2) is 48.5 Å². The van der Waals surface area contributed by atoms with Crippen molar-refractivity contribution < 1.29 is 9.53 Å². The fourth-order valence-corrected chi connectivity index (χ4v) is 1.85. The van der Waals surface area contributed by atoms with E-state index in [2.05, 4.69) is 22.6 Å². The highest BCUT2D eigenvalue weighted by molar-refractivity contribution is 14.1. The second-order valence-corrected chi connectivity index (χ2v) is 5.14. The zero-order valence-corrected chi connectivity index (χ0v) is 12.1. The van der Waals surface area contributed by atoms with Crippen molar-refractivity contribution in [3.63, 3.8) is 0 Å². The molecule has 3 nitrogen and oxygen atoms in total. The fourth-order valence-electron chi connectivity index (χ4n) is 1.49. The average Bonchev–Trinajstić information content (AvgIpc) is 2.46. The molecule has 0 N–H and O–H groups in total. The van der Waals surface area contributed by atoms with Gasteiger partial charge in [-0.15, -0.1) is 0 Å². The molecule has 0 radical (unpaired) electrons. The van der Waals surface area contributed by atoms with Crippen LogP contribution in [0.4, 0.5) is 0 Å². The quantitative estimate of drug-likeness (QED) is 0.619. The molecule has 2 aromatic carbocycles. The van der Waals surface area contributed by atoms with Crippen molar-refractivity contribution in [3.05, 3.63) is 68.8 Å². The summed E-state index contributed by atoms with van der Waals surface area (Å²) >= 11 is 2.18. The van der Waals surface area contributed by atoms with Crippen LogP contribution in [0.5, 0.6) is 0 Å². The van der Waals surface area contributed by atoms with E-state index >= 15 is 0 Å². The van der Waals surface area contributed by atoms with Gasteiger partial charge in [-0.25, -0.2) is 4.79 Å². The lowest BCUT2D eigenvalue weighted by molar-refractivity contribution is 0.0472. The number of esters is 1. The number of hydrogen-bond acceptors (Lipinski definition) is 3. The molecule has 94 valence electrons. The Labute approximate surface area is 125 Å². The van der Waals surface area contributed by atoms with E-state index in [4.69, 9.17) is 10.00 Å². The molecule has 0 aliphatic heterocycles. The Kier molecular flexibility index (Phi) is 4.53. The van der Waals surface area contributed by atoms with E-state index in [0.717, 1.165) is 9.13 Å². The van der Waals surface area contributed by atoms with Crippen LogP contribution in [0, 0.1) is 14.9 Å². The molecule has 19 heavy (non-hydrogen) atoms. The summed E-state index contributed by atoms with van der Waals surface area (Å²) in [6.45, 7) is 0.205. The highest BCUT2D eigenvalue weighted by Crippen LogP contribution is 2.10. The lowest BCUT2D eigenvalue weighted by Crippen LogP contribution is -2.05. The molecule has 0 amide bonds. The molecule has 0 saturated carbocycles. The lowest BCUT2D eigenvalue weighted by atomic mass is 10.1. The Hall–Kier alpha value is -1.87. The molecule has 0 aliphatic rings. The summed E-state index contributed by atoms with van der Waals surface area (Å²) in [7, 11) is 0. The monoisotopic (exact) mass is 363 g/mol. The minimum Gasteiger partial charge on any atom is -0.457 e. The van der Waals surface area contributed by atoms with Gasteiger partial charge in [-0.05, 0) is 64.6 Å². The molecular weight excluding hydrogens is 353 g/mol. The normalized spacial score (nSPS) is 9.68. The van der Waals surface area contributed by atoms with Crippen molar-refractivity contribution in [1.29, 1.82) is 5.26 Å². The topological polar surface area (TPSA) is 50.1 Å². The summed E-state index contributed by atoms with van der Waals surface area (Å²) in [4.78, 5) is 11.8. The number of carbonyl (C=O) groups is 1.